The van der Waals surface area contributed by atoms with E-state index in [2.05, 4.69) is 5.10 Å². The molecule has 1 aromatic rings. The maximum Gasteiger partial charge on any atom is 0.313 e. The van der Waals surface area contributed by atoms with Crippen molar-refractivity contribution < 1.29 is 4.92 Å². The Bertz CT molecular complexity index is 412. The van der Waals surface area contributed by atoms with Gasteiger partial charge in [0, 0.05) is 18.5 Å². The Balaban J connectivity index is 3.41. The molecule has 1 heterocycles. The summed E-state index contributed by atoms with van der Waals surface area (Å²) in [4.78, 5) is 10.8. The molecular formula is C11H20N4O2. The highest BCUT2D eigenvalue weighted by atomic mass is 16.6. The van der Waals surface area contributed by atoms with Gasteiger partial charge in [0.25, 0.3) is 0 Å². The Hall–Kier alpha value is -1.43. The molecule has 1 rings (SSSR count). The van der Waals surface area contributed by atoms with Crippen LogP contribution in [0.3, 0.4) is 0 Å². The molecule has 0 radical (unpaired) electrons. The van der Waals surface area contributed by atoms with Gasteiger partial charge in [0.2, 0.25) is 0 Å². The summed E-state index contributed by atoms with van der Waals surface area (Å²) in [6.45, 7) is 8.07. The third kappa shape index (κ3) is 2.46. The molecule has 0 amide bonds. The molecule has 0 spiro atoms. The fourth-order valence-electron chi connectivity index (χ4n) is 2.24. The lowest BCUT2D eigenvalue weighted by Crippen LogP contribution is -2.27. The van der Waals surface area contributed by atoms with Crippen LogP contribution in [-0.2, 0) is 6.54 Å². The van der Waals surface area contributed by atoms with E-state index in [1.165, 1.54) is 0 Å². The Labute approximate surface area is 101 Å². The van der Waals surface area contributed by atoms with Gasteiger partial charge >= 0.3 is 5.69 Å². The SMILES string of the molecule is CCC(c1c([N+](=O)[O-])c(C)nn1CC)C(C)N. The first-order valence-corrected chi connectivity index (χ1v) is 5.91. The molecule has 0 saturated heterocycles. The van der Waals surface area contributed by atoms with Crippen molar-refractivity contribution in [2.24, 2.45) is 5.73 Å². The monoisotopic (exact) mass is 240 g/mol. The third-order valence-electron chi connectivity index (χ3n) is 3.04. The van der Waals surface area contributed by atoms with Gasteiger partial charge in [-0.05, 0) is 27.2 Å². The zero-order valence-corrected chi connectivity index (χ0v) is 10.8. The van der Waals surface area contributed by atoms with Crippen molar-refractivity contribution in [2.75, 3.05) is 0 Å². The highest BCUT2D eigenvalue weighted by Gasteiger charge is 2.31. The van der Waals surface area contributed by atoms with Crippen molar-refractivity contribution in [3.8, 4) is 0 Å². The zero-order valence-electron chi connectivity index (χ0n) is 10.8. The molecular weight excluding hydrogens is 220 g/mol. The number of aryl methyl sites for hydroxylation is 2. The van der Waals surface area contributed by atoms with E-state index in [-0.39, 0.29) is 22.6 Å². The Kier molecular flexibility index (Phi) is 4.22. The standard InChI is InChI=1S/C11H20N4O2/c1-5-9(7(3)12)11-10(15(16)17)8(4)13-14(11)6-2/h7,9H,5-6,12H2,1-4H3. The summed E-state index contributed by atoms with van der Waals surface area (Å²) in [7, 11) is 0. The van der Waals surface area contributed by atoms with Crippen LogP contribution in [0, 0.1) is 17.0 Å². The summed E-state index contributed by atoms with van der Waals surface area (Å²) >= 11 is 0. The maximum atomic E-state index is 11.1. The normalized spacial score (nSPS) is 14.6. The number of nitro groups is 1. The number of nitrogens with zero attached hydrogens (tertiary/aromatic N) is 3. The molecule has 2 atom stereocenters. The second kappa shape index (κ2) is 5.27. The Morgan fingerprint density at radius 3 is 2.47 bits per heavy atom. The molecule has 0 bridgehead atoms. The van der Waals surface area contributed by atoms with E-state index in [1.54, 1.807) is 11.6 Å². The largest absolute Gasteiger partial charge is 0.327 e. The van der Waals surface area contributed by atoms with E-state index in [0.29, 0.717) is 17.9 Å². The second-order valence-corrected chi connectivity index (χ2v) is 4.27. The topological polar surface area (TPSA) is 87.0 Å². The number of aromatic nitrogens is 2. The minimum Gasteiger partial charge on any atom is -0.327 e. The minimum atomic E-state index is -0.352. The summed E-state index contributed by atoms with van der Waals surface area (Å²) in [6, 6.07) is -0.125. The van der Waals surface area contributed by atoms with Gasteiger partial charge in [-0.15, -0.1) is 0 Å². The number of hydrogen-bond acceptors (Lipinski definition) is 4. The van der Waals surface area contributed by atoms with E-state index in [4.69, 9.17) is 5.73 Å². The summed E-state index contributed by atoms with van der Waals surface area (Å²) < 4.78 is 1.70. The van der Waals surface area contributed by atoms with Gasteiger partial charge < -0.3 is 5.73 Å². The lowest BCUT2D eigenvalue weighted by Gasteiger charge is -2.19. The first-order chi connectivity index (χ1) is 7.93. The van der Waals surface area contributed by atoms with E-state index in [0.717, 1.165) is 6.42 Å². The number of rotatable bonds is 5. The van der Waals surface area contributed by atoms with Crippen LogP contribution >= 0.6 is 0 Å². The van der Waals surface area contributed by atoms with Crippen molar-refractivity contribution in [3.63, 3.8) is 0 Å². The van der Waals surface area contributed by atoms with Crippen molar-refractivity contribution in [1.82, 2.24) is 9.78 Å². The molecule has 0 saturated carbocycles. The first kappa shape index (κ1) is 13.6. The maximum absolute atomic E-state index is 11.1. The van der Waals surface area contributed by atoms with Crippen LogP contribution < -0.4 is 5.73 Å². The summed E-state index contributed by atoms with van der Waals surface area (Å²) in [5, 5.41) is 15.3. The van der Waals surface area contributed by atoms with Crippen LogP contribution in [0.5, 0.6) is 0 Å². The Morgan fingerprint density at radius 2 is 2.12 bits per heavy atom. The quantitative estimate of drug-likeness (QED) is 0.629. The molecule has 2 unspecified atom stereocenters. The van der Waals surface area contributed by atoms with Gasteiger partial charge in [-0.2, -0.15) is 5.10 Å². The highest BCUT2D eigenvalue weighted by Crippen LogP contribution is 2.33. The van der Waals surface area contributed by atoms with Gasteiger partial charge in [0.05, 0.1) is 4.92 Å². The molecule has 17 heavy (non-hydrogen) atoms. The van der Waals surface area contributed by atoms with E-state index in [9.17, 15) is 10.1 Å². The van der Waals surface area contributed by atoms with Gasteiger partial charge in [0.15, 0.2) is 0 Å². The van der Waals surface area contributed by atoms with Gasteiger partial charge in [0.1, 0.15) is 11.4 Å². The fourth-order valence-corrected chi connectivity index (χ4v) is 2.24. The van der Waals surface area contributed by atoms with E-state index >= 15 is 0 Å². The van der Waals surface area contributed by atoms with E-state index < -0.39 is 0 Å². The molecule has 2 N–H and O–H groups in total. The van der Waals surface area contributed by atoms with Crippen LogP contribution in [0.15, 0.2) is 0 Å². The molecule has 0 aliphatic carbocycles. The van der Waals surface area contributed by atoms with Crippen molar-refractivity contribution in [3.05, 3.63) is 21.5 Å². The summed E-state index contributed by atoms with van der Waals surface area (Å²) in [5.74, 6) is -0.0310. The van der Waals surface area contributed by atoms with Gasteiger partial charge in [-0.3, -0.25) is 14.8 Å². The minimum absolute atomic E-state index is 0.0310. The number of nitrogens with two attached hydrogens (primary N) is 1. The molecule has 0 aromatic carbocycles. The van der Waals surface area contributed by atoms with Crippen LogP contribution in [-0.4, -0.2) is 20.7 Å². The molecule has 96 valence electrons. The average molecular weight is 240 g/mol. The van der Waals surface area contributed by atoms with Crippen molar-refractivity contribution in [1.29, 1.82) is 0 Å². The van der Waals surface area contributed by atoms with Crippen molar-refractivity contribution >= 4 is 5.69 Å². The van der Waals surface area contributed by atoms with Crippen LogP contribution in [0.4, 0.5) is 5.69 Å². The molecule has 6 nitrogen and oxygen atoms in total. The van der Waals surface area contributed by atoms with Gasteiger partial charge in [-0.25, -0.2) is 0 Å². The van der Waals surface area contributed by atoms with Crippen molar-refractivity contribution in [2.45, 2.75) is 52.6 Å². The summed E-state index contributed by atoms with van der Waals surface area (Å²) in [5.41, 5.74) is 7.16. The smallest absolute Gasteiger partial charge is 0.313 e. The molecule has 1 aromatic heterocycles. The fraction of sp³-hybridized carbons (Fsp3) is 0.727. The molecule has 0 aliphatic heterocycles. The van der Waals surface area contributed by atoms with Crippen LogP contribution in [0.1, 0.15) is 44.5 Å². The second-order valence-electron chi connectivity index (χ2n) is 4.27. The third-order valence-corrected chi connectivity index (χ3v) is 3.04. The zero-order chi connectivity index (χ0) is 13.2. The lowest BCUT2D eigenvalue weighted by molar-refractivity contribution is -0.386. The highest BCUT2D eigenvalue weighted by molar-refractivity contribution is 5.43. The van der Waals surface area contributed by atoms with Gasteiger partial charge in [-0.1, -0.05) is 6.92 Å². The molecule has 0 fully saturated rings. The Morgan fingerprint density at radius 1 is 1.53 bits per heavy atom. The van der Waals surface area contributed by atoms with E-state index in [1.807, 2.05) is 20.8 Å². The lowest BCUT2D eigenvalue weighted by atomic mass is 9.93. The molecule has 0 aliphatic rings. The van der Waals surface area contributed by atoms with Crippen LogP contribution in [0.2, 0.25) is 0 Å². The van der Waals surface area contributed by atoms with Crippen LogP contribution in [0.25, 0.3) is 0 Å². The summed E-state index contributed by atoms with van der Waals surface area (Å²) in [6.07, 6.45) is 0.768. The predicted octanol–water partition coefficient (Wildman–Crippen LogP) is 1.96. The first-order valence-electron chi connectivity index (χ1n) is 5.91. The number of hydrogen-bond donors (Lipinski definition) is 1. The average Bonchev–Trinajstić information content (AvgIpc) is 2.56. The molecule has 6 heteroatoms. The predicted molar refractivity (Wildman–Crippen MR) is 66.0 cm³/mol.